The molecular weight excluding hydrogens is 548 g/mol. The normalized spacial score (nSPS) is 37.8. The van der Waals surface area contributed by atoms with Gasteiger partial charge in [0.15, 0.2) is 12.5 Å². The standard InChI is InChI=1S/C17H29N3O15P2/c1-7-11(22)10(19(2)3)13(24)16(32-7)34-37(29,30)35-36(27,28)31-6-8-12(23)14(25)15(33-8)20-5-4-9(21)18-17(20)26/h4-5,7-8,10-16,22-25H,6H2,1-3H3,(H,27,28)(H,29,30)(H,18,21,26)/t7?,8-,10+,11+,12+,13?,14?,15-,16+/m1/s1. The molecule has 0 aromatic carbocycles. The summed E-state index contributed by atoms with van der Waals surface area (Å²) in [5, 5.41) is 40.9. The SMILES string of the molecule is CC1O[C@@H](OP(=O)(O)OP(=O)(O)OC[C@H]2O[C@@H](n3ccc(=O)[nH]c3=O)C(O)[C@H]2O)C(O)[C@@H](N(C)C)[C@H]1O. The third kappa shape index (κ3) is 7.00. The van der Waals surface area contributed by atoms with Gasteiger partial charge in [0.05, 0.1) is 24.9 Å². The molecular formula is C17H29N3O15P2. The summed E-state index contributed by atoms with van der Waals surface area (Å²) in [5.74, 6) is 0. The van der Waals surface area contributed by atoms with Crippen LogP contribution in [-0.4, -0.2) is 114 Å². The van der Waals surface area contributed by atoms with Gasteiger partial charge in [0.25, 0.3) is 5.56 Å². The monoisotopic (exact) mass is 577 g/mol. The summed E-state index contributed by atoms with van der Waals surface area (Å²) in [4.78, 5) is 46.4. The Kier molecular flexibility index (Phi) is 9.32. The Morgan fingerprint density at radius 2 is 1.68 bits per heavy atom. The average molecular weight is 577 g/mol. The molecule has 2 saturated heterocycles. The number of nitrogens with zero attached hydrogens (tertiary/aromatic N) is 2. The van der Waals surface area contributed by atoms with Crippen LogP contribution in [0.15, 0.2) is 21.9 Å². The predicted octanol–water partition coefficient (Wildman–Crippen LogP) is -3.20. The summed E-state index contributed by atoms with van der Waals surface area (Å²) in [7, 11) is -7.79. The fraction of sp³-hybridized carbons (Fsp3) is 0.765. The maximum Gasteiger partial charge on any atom is 0.483 e. The number of aliphatic hydroxyl groups excluding tert-OH is 4. The van der Waals surface area contributed by atoms with E-state index in [9.17, 15) is 48.9 Å². The van der Waals surface area contributed by atoms with Crippen LogP contribution in [-0.2, 0) is 32.0 Å². The lowest BCUT2D eigenvalue weighted by atomic mass is 9.96. The number of nitrogens with one attached hydrogen (secondary N) is 1. The molecule has 1 aromatic heterocycles. The quantitative estimate of drug-likeness (QED) is 0.143. The highest BCUT2D eigenvalue weighted by Crippen LogP contribution is 2.61. The molecule has 2 fully saturated rings. The molecule has 0 saturated carbocycles. The van der Waals surface area contributed by atoms with Gasteiger partial charge >= 0.3 is 21.3 Å². The Balaban J connectivity index is 1.62. The molecule has 3 heterocycles. The topological polar surface area (TPSA) is 260 Å². The molecule has 20 heteroatoms. The van der Waals surface area contributed by atoms with Gasteiger partial charge in [-0.05, 0) is 21.0 Å². The van der Waals surface area contributed by atoms with Gasteiger partial charge in [-0.15, -0.1) is 0 Å². The van der Waals surface area contributed by atoms with Gasteiger partial charge in [0, 0.05) is 12.3 Å². The van der Waals surface area contributed by atoms with E-state index >= 15 is 0 Å². The van der Waals surface area contributed by atoms with Gasteiger partial charge in [-0.3, -0.25) is 23.4 Å². The maximum atomic E-state index is 12.4. The lowest BCUT2D eigenvalue weighted by molar-refractivity contribution is -0.256. The maximum absolute atomic E-state index is 12.4. The van der Waals surface area contributed by atoms with Crippen LogP contribution in [0.1, 0.15) is 13.2 Å². The first-order valence-corrected chi connectivity index (χ1v) is 13.7. The molecule has 0 spiro atoms. The molecule has 0 radical (unpaired) electrons. The van der Waals surface area contributed by atoms with Crippen LogP contribution < -0.4 is 11.2 Å². The number of aromatic nitrogens is 2. The van der Waals surface area contributed by atoms with E-state index in [2.05, 4.69) is 8.83 Å². The van der Waals surface area contributed by atoms with E-state index in [0.29, 0.717) is 0 Å². The van der Waals surface area contributed by atoms with Gasteiger partial charge < -0.3 is 44.6 Å². The lowest BCUT2D eigenvalue weighted by Gasteiger charge is -2.44. The molecule has 2 aliphatic rings. The zero-order valence-electron chi connectivity index (χ0n) is 19.7. The van der Waals surface area contributed by atoms with Crippen molar-refractivity contribution in [3.63, 3.8) is 0 Å². The molecule has 7 N–H and O–H groups in total. The van der Waals surface area contributed by atoms with E-state index in [1.54, 1.807) is 0 Å². The zero-order chi connectivity index (χ0) is 27.9. The predicted molar refractivity (Wildman–Crippen MR) is 119 cm³/mol. The van der Waals surface area contributed by atoms with Crippen molar-refractivity contribution < 1.29 is 62.2 Å². The van der Waals surface area contributed by atoms with Crippen LogP contribution >= 0.6 is 15.6 Å². The van der Waals surface area contributed by atoms with Gasteiger partial charge in [-0.1, -0.05) is 0 Å². The van der Waals surface area contributed by atoms with Crippen LogP contribution in [0, 0.1) is 0 Å². The first-order chi connectivity index (χ1) is 17.0. The van der Waals surface area contributed by atoms with E-state index in [1.165, 1.54) is 25.9 Å². The molecule has 11 atom stereocenters. The Hall–Kier alpha value is -1.34. The highest BCUT2D eigenvalue weighted by molar-refractivity contribution is 7.61. The van der Waals surface area contributed by atoms with Gasteiger partial charge in [-0.25, -0.2) is 13.9 Å². The Labute approximate surface area is 208 Å². The van der Waals surface area contributed by atoms with E-state index in [4.69, 9.17) is 14.0 Å². The van der Waals surface area contributed by atoms with Crippen molar-refractivity contribution in [1.29, 1.82) is 0 Å². The molecule has 3 rings (SSSR count). The van der Waals surface area contributed by atoms with Crippen LogP contribution in [0.25, 0.3) is 0 Å². The second-order valence-electron chi connectivity index (χ2n) is 8.63. The third-order valence-corrected chi connectivity index (χ3v) is 8.31. The molecule has 5 unspecified atom stereocenters. The summed E-state index contributed by atoms with van der Waals surface area (Å²) < 4.78 is 49.4. The molecule has 2 aliphatic heterocycles. The number of hydrogen-bond donors (Lipinski definition) is 7. The van der Waals surface area contributed by atoms with E-state index in [1.807, 2.05) is 4.98 Å². The van der Waals surface area contributed by atoms with Crippen molar-refractivity contribution in [2.75, 3.05) is 20.7 Å². The largest absolute Gasteiger partial charge is 0.483 e. The van der Waals surface area contributed by atoms with Crippen molar-refractivity contribution in [3.05, 3.63) is 33.1 Å². The molecule has 37 heavy (non-hydrogen) atoms. The molecule has 1 aromatic rings. The van der Waals surface area contributed by atoms with Crippen molar-refractivity contribution in [2.24, 2.45) is 0 Å². The minimum Gasteiger partial charge on any atom is -0.389 e. The Bertz CT molecular complexity index is 1160. The number of likely N-dealkylation sites (N-methyl/N-ethyl adjacent to an activating group) is 1. The Morgan fingerprint density at radius 3 is 2.27 bits per heavy atom. The average Bonchev–Trinajstić information content (AvgIpc) is 3.03. The first kappa shape index (κ1) is 30.2. The number of aliphatic hydroxyl groups is 4. The summed E-state index contributed by atoms with van der Waals surface area (Å²) in [6.07, 6.45) is -11.2. The third-order valence-electron chi connectivity index (χ3n) is 5.71. The number of hydrogen-bond acceptors (Lipinski definition) is 14. The molecule has 18 nitrogen and oxygen atoms in total. The minimum atomic E-state index is -5.44. The number of phosphoric ester groups is 2. The zero-order valence-corrected chi connectivity index (χ0v) is 21.5. The summed E-state index contributed by atoms with van der Waals surface area (Å²) in [6, 6.07) is -0.0292. The smallest absolute Gasteiger partial charge is 0.389 e. The molecule has 212 valence electrons. The number of phosphoric acid groups is 2. The Morgan fingerprint density at radius 1 is 1.03 bits per heavy atom. The molecule has 0 bridgehead atoms. The number of rotatable bonds is 9. The minimum absolute atomic E-state index is 0.725. The fourth-order valence-electron chi connectivity index (χ4n) is 3.91. The number of H-pyrrole nitrogens is 1. The summed E-state index contributed by atoms with van der Waals surface area (Å²) >= 11 is 0. The lowest BCUT2D eigenvalue weighted by Crippen LogP contribution is -2.62. The van der Waals surface area contributed by atoms with Crippen LogP contribution in [0.4, 0.5) is 0 Å². The first-order valence-electron chi connectivity index (χ1n) is 10.7. The van der Waals surface area contributed by atoms with Gasteiger partial charge in [0.2, 0.25) is 0 Å². The summed E-state index contributed by atoms with van der Waals surface area (Å²) in [5.41, 5.74) is -1.69. The molecule has 0 aliphatic carbocycles. The summed E-state index contributed by atoms with van der Waals surface area (Å²) in [6.45, 7) is 0.442. The van der Waals surface area contributed by atoms with Crippen molar-refractivity contribution in [3.8, 4) is 0 Å². The van der Waals surface area contributed by atoms with Crippen molar-refractivity contribution in [1.82, 2.24) is 14.5 Å². The van der Waals surface area contributed by atoms with Crippen LogP contribution in [0.2, 0.25) is 0 Å². The van der Waals surface area contributed by atoms with E-state index in [0.717, 1.165) is 16.8 Å². The second kappa shape index (κ2) is 11.4. The highest BCUT2D eigenvalue weighted by atomic mass is 31.3. The van der Waals surface area contributed by atoms with E-state index in [-0.39, 0.29) is 0 Å². The number of aromatic amines is 1. The fourth-order valence-corrected chi connectivity index (χ4v) is 6.07. The van der Waals surface area contributed by atoms with Crippen molar-refractivity contribution >= 4 is 15.6 Å². The second-order valence-corrected chi connectivity index (χ2v) is 11.6. The van der Waals surface area contributed by atoms with Crippen LogP contribution in [0.5, 0.6) is 0 Å². The van der Waals surface area contributed by atoms with Crippen LogP contribution in [0.3, 0.4) is 0 Å². The van der Waals surface area contributed by atoms with Crippen molar-refractivity contribution in [2.45, 2.75) is 62.1 Å². The van der Waals surface area contributed by atoms with Gasteiger partial charge in [-0.2, -0.15) is 4.31 Å². The highest BCUT2D eigenvalue weighted by Gasteiger charge is 2.49. The van der Waals surface area contributed by atoms with Gasteiger partial charge in [0.1, 0.15) is 24.4 Å². The van der Waals surface area contributed by atoms with E-state index < -0.39 is 88.7 Å². The molecule has 0 amide bonds. The number of ether oxygens (including phenoxy) is 2.